The first-order valence-corrected chi connectivity index (χ1v) is 6.15. The van der Waals surface area contributed by atoms with Crippen LogP contribution in [0, 0.1) is 6.92 Å². The Morgan fingerprint density at radius 3 is 2.45 bits per heavy atom. The molecule has 102 valence electrons. The lowest BCUT2D eigenvalue weighted by Crippen LogP contribution is -1.88. The summed E-state index contributed by atoms with van der Waals surface area (Å²) in [5.74, 6) is 2.48. The van der Waals surface area contributed by atoms with E-state index in [0.29, 0.717) is 11.5 Å². The minimum Gasteiger partial charge on any atom is -0.497 e. The Hall–Kier alpha value is -2.69. The Kier molecular flexibility index (Phi) is 2.95. The predicted molar refractivity (Wildman–Crippen MR) is 75.3 cm³/mol. The van der Waals surface area contributed by atoms with Crippen LogP contribution in [0.3, 0.4) is 0 Å². The van der Waals surface area contributed by atoms with Gasteiger partial charge >= 0.3 is 0 Å². The van der Waals surface area contributed by atoms with Gasteiger partial charge in [0.05, 0.1) is 12.7 Å². The third kappa shape index (κ3) is 2.03. The van der Waals surface area contributed by atoms with Gasteiger partial charge in [-0.25, -0.2) is 0 Å². The van der Waals surface area contributed by atoms with Crippen LogP contribution in [0.5, 0.6) is 5.75 Å². The van der Waals surface area contributed by atoms with E-state index in [-0.39, 0.29) is 5.88 Å². The van der Waals surface area contributed by atoms with Crippen molar-refractivity contribution in [2.24, 2.45) is 0 Å². The van der Waals surface area contributed by atoms with E-state index in [1.165, 1.54) is 0 Å². The molecule has 1 aromatic carbocycles. The summed E-state index contributed by atoms with van der Waals surface area (Å²) < 4.78 is 15.8. The van der Waals surface area contributed by atoms with Gasteiger partial charge in [0, 0.05) is 0 Å². The molecule has 3 aromatic rings. The largest absolute Gasteiger partial charge is 0.497 e. The summed E-state index contributed by atoms with van der Waals surface area (Å²) in [6.07, 6.45) is 0. The predicted octanol–water partition coefficient (Wildman–Crippen LogP) is 3.50. The maximum absolute atomic E-state index is 5.89. The minimum atomic E-state index is 0.263. The van der Waals surface area contributed by atoms with E-state index in [2.05, 4.69) is 5.16 Å². The van der Waals surface area contributed by atoms with Gasteiger partial charge in [0.1, 0.15) is 11.5 Å². The third-order valence-corrected chi connectivity index (χ3v) is 3.07. The molecular formula is C15H14N2O3. The molecule has 5 heteroatoms. The number of ether oxygens (including phenoxy) is 1. The summed E-state index contributed by atoms with van der Waals surface area (Å²) in [4.78, 5) is 0. The molecule has 3 rings (SSSR count). The molecule has 0 aliphatic heterocycles. The summed E-state index contributed by atoms with van der Waals surface area (Å²) in [5.41, 5.74) is 8.10. The molecule has 0 aliphatic carbocycles. The molecule has 2 N–H and O–H groups in total. The average molecular weight is 270 g/mol. The fraction of sp³-hybridized carbons (Fsp3) is 0.133. The maximum Gasteiger partial charge on any atom is 0.230 e. The van der Waals surface area contributed by atoms with Crippen LogP contribution in [0.15, 0.2) is 45.3 Å². The number of furan rings is 1. The van der Waals surface area contributed by atoms with E-state index in [1.54, 1.807) is 7.11 Å². The Morgan fingerprint density at radius 2 is 1.85 bits per heavy atom. The van der Waals surface area contributed by atoms with Crippen LogP contribution >= 0.6 is 0 Å². The van der Waals surface area contributed by atoms with Crippen molar-refractivity contribution in [2.45, 2.75) is 6.92 Å². The normalized spacial score (nSPS) is 10.7. The molecule has 0 radical (unpaired) electrons. The quantitative estimate of drug-likeness (QED) is 0.788. The van der Waals surface area contributed by atoms with E-state index in [1.807, 2.05) is 43.3 Å². The van der Waals surface area contributed by atoms with E-state index in [0.717, 1.165) is 22.6 Å². The molecule has 2 aromatic heterocycles. The highest BCUT2D eigenvalue weighted by Crippen LogP contribution is 2.37. The summed E-state index contributed by atoms with van der Waals surface area (Å²) >= 11 is 0. The Labute approximate surface area is 115 Å². The van der Waals surface area contributed by atoms with Crippen molar-refractivity contribution < 1.29 is 13.7 Å². The topological polar surface area (TPSA) is 74.4 Å². The summed E-state index contributed by atoms with van der Waals surface area (Å²) in [7, 11) is 1.62. The monoisotopic (exact) mass is 270 g/mol. The van der Waals surface area contributed by atoms with Crippen LogP contribution in [0.1, 0.15) is 5.76 Å². The Balaban J connectivity index is 2.10. The number of rotatable bonds is 3. The van der Waals surface area contributed by atoms with Crippen LogP contribution < -0.4 is 10.5 Å². The standard InChI is InChI=1S/C15H14N2O3/c1-9-3-8-12(19-9)14-13(15(16)20-17-14)10-4-6-11(18-2)7-5-10/h3-8H,16H2,1-2H3. The number of nitrogens with zero attached hydrogens (tertiary/aromatic N) is 1. The summed E-state index contributed by atoms with van der Waals surface area (Å²) in [5, 5.41) is 3.99. The first-order chi connectivity index (χ1) is 9.69. The van der Waals surface area contributed by atoms with E-state index in [9.17, 15) is 0 Å². The van der Waals surface area contributed by atoms with Crippen molar-refractivity contribution in [1.82, 2.24) is 5.16 Å². The zero-order valence-corrected chi connectivity index (χ0v) is 11.2. The van der Waals surface area contributed by atoms with Crippen LogP contribution in [0.4, 0.5) is 5.88 Å². The van der Waals surface area contributed by atoms with E-state index < -0.39 is 0 Å². The number of aromatic nitrogens is 1. The number of hydrogen-bond acceptors (Lipinski definition) is 5. The zero-order valence-electron chi connectivity index (χ0n) is 11.2. The second kappa shape index (κ2) is 4.77. The lowest BCUT2D eigenvalue weighted by Gasteiger charge is -2.03. The van der Waals surface area contributed by atoms with Crippen molar-refractivity contribution in [3.8, 4) is 28.3 Å². The van der Waals surface area contributed by atoms with Crippen molar-refractivity contribution in [3.63, 3.8) is 0 Å². The molecule has 20 heavy (non-hydrogen) atoms. The van der Waals surface area contributed by atoms with E-state index in [4.69, 9.17) is 19.4 Å². The molecule has 0 saturated heterocycles. The highest BCUT2D eigenvalue weighted by Gasteiger charge is 2.19. The zero-order chi connectivity index (χ0) is 14.1. The summed E-state index contributed by atoms with van der Waals surface area (Å²) in [6.45, 7) is 1.87. The van der Waals surface area contributed by atoms with Gasteiger partial charge < -0.3 is 19.4 Å². The average Bonchev–Trinajstić information content (AvgIpc) is 3.05. The highest BCUT2D eigenvalue weighted by molar-refractivity contribution is 5.85. The number of methoxy groups -OCH3 is 1. The fourth-order valence-electron chi connectivity index (χ4n) is 2.07. The van der Waals surface area contributed by atoms with Crippen molar-refractivity contribution in [3.05, 3.63) is 42.2 Å². The molecule has 5 nitrogen and oxygen atoms in total. The smallest absolute Gasteiger partial charge is 0.230 e. The Morgan fingerprint density at radius 1 is 1.10 bits per heavy atom. The number of benzene rings is 1. The molecule has 0 spiro atoms. The first kappa shape index (κ1) is 12.3. The molecule has 0 unspecified atom stereocenters. The van der Waals surface area contributed by atoms with Gasteiger partial charge in [-0.1, -0.05) is 17.3 Å². The van der Waals surface area contributed by atoms with Gasteiger partial charge in [-0.05, 0) is 36.8 Å². The van der Waals surface area contributed by atoms with Crippen LogP contribution in [-0.2, 0) is 0 Å². The lowest BCUT2D eigenvalue weighted by molar-refractivity contribution is 0.415. The second-order valence-electron chi connectivity index (χ2n) is 4.41. The number of nitrogens with two attached hydrogens (primary N) is 1. The number of aryl methyl sites for hydroxylation is 1. The molecule has 0 fully saturated rings. The first-order valence-electron chi connectivity index (χ1n) is 6.15. The maximum atomic E-state index is 5.89. The molecule has 0 saturated carbocycles. The van der Waals surface area contributed by atoms with Crippen LogP contribution in [0.25, 0.3) is 22.6 Å². The Bertz CT molecular complexity index is 726. The number of anilines is 1. The summed E-state index contributed by atoms with van der Waals surface area (Å²) in [6, 6.07) is 11.2. The van der Waals surface area contributed by atoms with Gasteiger partial charge in [-0.15, -0.1) is 0 Å². The highest BCUT2D eigenvalue weighted by atomic mass is 16.5. The van der Waals surface area contributed by atoms with Gasteiger partial charge in [0.25, 0.3) is 0 Å². The number of hydrogen-bond donors (Lipinski definition) is 1. The molecule has 0 bridgehead atoms. The van der Waals surface area contributed by atoms with Gasteiger partial charge in [-0.2, -0.15) is 0 Å². The van der Waals surface area contributed by atoms with Gasteiger partial charge in [0.2, 0.25) is 5.88 Å². The SMILES string of the molecule is COc1ccc(-c2c(-c3ccc(C)o3)noc2N)cc1. The second-order valence-corrected chi connectivity index (χ2v) is 4.41. The lowest BCUT2D eigenvalue weighted by atomic mass is 10.0. The third-order valence-electron chi connectivity index (χ3n) is 3.07. The molecule has 2 heterocycles. The van der Waals surface area contributed by atoms with Gasteiger partial charge in [-0.3, -0.25) is 0 Å². The van der Waals surface area contributed by atoms with Crippen LogP contribution in [0.2, 0.25) is 0 Å². The van der Waals surface area contributed by atoms with Crippen LogP contribution in [-0.4, -0.2) is 12.3 Å². The molecular weight excluding hydrogens is 256 g/mol. The van der Waals surface area contributed by atoms with Crippen molar-refractivity contribution in [2.75, 3.05) is 12.8 Å². The van der Waals surface area contributed by atoms with E-state index >= 15 is 0 Å². The van der Waals surface area contributed by atoms with Gasteiger partial charge in [0.15, 0.2) is 11.5 Å². The molecule has 0 aliphatic rings. The van der Waals surface area contributed by atoms with Crippen molar-refractivity contribution >= 4 is 5.88 Å². The minimum absolute atomic E-state index is 0.263. The fourth-order valence-corrected chi connectivity index (χ4v) is 2.07. The van der Waals surface area contributed by atoms with Crippen molar-refractivity contribution in [1.29, 1.82) is 0 Å². The number of nitrogen functional groups attached to an aromatic ring is 1. The molecule has 0 atom stereocenters. The molecule has 0 amide bonds.